The van der Waals surface area contributed by atoms with Gasteiger partial charge in [-0.2, -0.15) is 4.98 Å². The average Bonchev–Trinajstić information content (AvgIpc) is 3.17. The van der Waals surface area contributed by atoms with E-state index in [1.165, 1.54) is 11.3 Å². The monoisotopic (exact) mass is 261 g/mol. The number of carbonyl (C=O) groups is 1. The Labute approximate surface area is 108 Å². The van der Waals surface area contributed by atoms with Crippen LogP contribution < -0.4 is 4.74 Å². The lowest BCUT2D eigenvalue weighted by Crippen LogP contribution is -2.10. The molecule has 1 aliphatic carbocycles. The van der Waals surface area contributed by atoms with Crippen LogP contribution in [0.25, 0.3) is 10.7 Å². The van der Waals surface area contributed by atoms with E-state index in [-0.39, 0.29) is 11.9 Å². The number of carbonyl (C=O) groups excluding carboxylic acids is 1. The first kappa shape index (κ1) is 11.3. The van der Waals surface area contributed by atoms with Crippen molar-refractivity contribution in [2.45, 2.75) is 19.8 Å². The van der Waals surface area contributed by atoms with Crippen molar-refractivity contribution >= 4 is 17.3 Å². The molecule has 0 saturated heterocycles. The predicted octanol–water partition coefficient (Wildman–Crippen LogP) is 2.22. The summed E-state index contributed by atoms with van der Waals surface area (Å²) in [7, 11) is 0. The van der Waals surface area contributed by atoms with Gasteiger partial charge in [0, 0.05) is 12.4 Å². The van der Waals surface area contributed by atoms with E-state index in [9.17, 15) is 4.79 Å². The fourth-order valence-electron chi connectivity index (χ4n) is 1.49. The van der Waals surface area contributed by atoms with Crippen molar-refractivity contribution in [2.75, 3.05) is 0 Å². The molecule has 0 unspecified atom stereocenters. The molecule has 0 radical (unpaired) electrons. The number of nitrogens with zero attached hydrogens (tertiary/aromatic N) is 3. The third-order valence-electron chi connectivity index (χ3n) is 2.64. The van der Waals surface area contributed by atoms with Crippen LogP contribution in [0.1, 0.15) is 17.7 Å². The van der Waals surface area contributed by atoms with Gasteiger partial charge in [-0.1, -0.05) is 0 Å². The fourth-order valence-corrected chi connectivity index (χ4v) is 2.30. The molecule has 0 bridgehead atoms. The van der Waals surface area contributed by atoms with Crippen molar-refractivity contribution in [2.24, 2.45) is 5.92 Å². The molecule has 18 heavy (non-hydrogen) atoms. The van der Waals surface area contributed by atoms with E-state index < -0.39 is 0 Å². The molecular weight excluding hydrogens is 250 g/mol. The van der Waals surface area contributed by atoms with Crippen LogP contribution in [0.5, 0.6) is 5.88 Å². The summed E-state index contributed by atoms with van der Waals surface area (Å²) in [4.78, 5) is 24.9. The Kier molecular flexibility index (Phi) is 2.79. The molecule has 3 rings (SSSR count). The Morgan fingerprint density at radius 2 is 2.28 bits per heavy atom. The maximum absolute atomic E-state index is 11.6. The van der Waals surface area contributed by atoms with Gasteiger partial charge in [-0.05, 0) is 19.8 Å². The van der Waals surface area contributed by atoms with Crippen LogP contribution in [-0.4, -0.2) is 20.9 Å². The number of rotatable bonds is 3. The maximum Gasteiger partial charge on any atom is 0.315 e. The van der Waals surface area contributed by atoms with Crippen LogP contribution >= 0.6 is 11.3 Å². The Hall–Kier alpha value is -1.82. The summed E-state index contributed by atoms with van der Waals surface area (Å²) in [5.74, 6) is 0.303. The molecule has 2 aromatic rings. The molecule has 0 spiro atoms. The Balaban J connectivity index is 1.84. The molecule has 0 N–H and O–H groups in total. The number of aryl methyl sites for hydroxylation is 1. The summed E-state index contributed by atoms with van der Waals surface area (Å²) >= 11 is 1.45. The number of esters is 1. The summed E-state index contributed by atoms with van der Waals surface area (Å²) in [6.45, 7) is 1.88. The Morgan fingerprint density at radius 1 is 1.44 bits per heavy atom. The highest BCUT2D eigenvalue weighted by atomic mass is 32.1. The first-order valence-corrected chi connectivity index (χ1v) is 6.51. The lowest BCUT2D eigenvalue weighted by atomic mass is 10.4. The normalized spacial score (nSPS) is 14.5. The zero-order chi connectivity index (χ0) is 12.5. The van der Waals surface area contributed by atoms with Gasteiger partial charge in [0.05, 0.1) is 17.0 Å². The van der Waals surface area contributed by atoms with E-state index in [4.69, 9.17) is 4.74 Å². The highest BCUT2D eigenvalue weighted by Gasteiger charge is 2.32. The highest BCUT2D eigenvalue weighted by molar-refractivity contribution is 7.15. The van der Waals surface area contributed by atoms with Gasteiger partial charge in [-0.15, -0.1) is 11.3 Å². The third-order valence-corrected chi connectivity index (χ3v) is 3.62. The molecule has 0 aromatic carbocycles. The molecule has 1 aliphatic rings. The lowest BCUT2D eigenvalue weighted by molar-refractivity contribution is -0.136. The van der Waals surface area contributed by atoms with Gasteiger partial charge in [-0.25, -0.2) is 0 Å². The van der Waals surface area contributed by atoms with Crippen molar-refractivity contribution in [1.82, 2.24) is 15.0 Å². The summed E-state index contributed by atoms with van der Waals surface area (Å²) in [5, 5.41) is 0.721. The summed E-state index contributed by atoms with van der Waals surface area (Å²) in [6.07, 6.45) is 6.72. The van der Waals surface area contributed by atoms with Crippen LogP contribution in [0.4, 0.5) is 0 Å². The number of thiazole rings is 1. The van der Waals surface area contributed by atoms with Crippen LogP contribution in [0.2, 0.25) is 0 Å². The minimum atomic E-state index is -0.172. The predicted molar refractivity (Wildman–Crippen MR) is 66.2 cm³/mol. The molecule has 0 amide bonds. The second kappa shape index (κ2) is 4.45. The van der Waals surface area contributed by atoms with Crippen LogP contribution in [-0.2, 0) is 4.79 Å². The van der Waals surface area contributed by atoms with Gasteiger partial charge in [0.25, 0.3) is 0 Å². The molecule has 5 nitrogen and oxygen atoms in total. The number of aromatic nitrogens is 3. The SMILES string of the molecule is Cc1sc(-c2cnccn2)nc1OC(=O)C1CC1. The molecular formula is C12H11N3O2S. The smallest absolute Gasteiger partial charge is 0.315 e. The Morgan fingerprint density at radius 3 is 2.94 bits per heavy atom. The second-order valence-electron chi connectivity index (χ2n) is 4.17. The summed E-state index contributed by atoms with van der Waals surface area (Å²) in [5.41, 5.74) is 0.694. The summed E-state index contributed by atoms with van der Waals surface area (Å²) < 4.78 is 5.28. The fraction of sp³-hybridized carbons (Fsp3) is 0.333. The second-order valence-corrected chi connectivity index (χ2v) is 5.37. The lowest BCUT2D eigenvalue weighted by Gasteiger charge is -1.99. The number of hydrogen-bond donors (Lipinski definition) is 0. The maximum atomic E-state index is 11.6. The molecule has 92 valence electrons. The zero-order valence-electron chi connectivity index (χ0n) is 9.79. The van der Waals surface area contributed by atoms with Gasteiger partial charge < -0.3 is 4.74 Å². The van der Waals surface area contributed by atoms with Crippen LogP contribution in [0, 0.1) is 12.8 Å². The zero-order valence-corrected chi connectivity index (χ0v) is 10.6. The third kappa shape index (κ3) is 2.24. The number of hydrogen-bond acceptors (Lipinski definition) is 6. The molecule has 1 fully saturated rings. The van der Waals surface area contributed by atoms with Crippen molar-refractivity contribution < 1.29 is 9.53 Å². The van der Waals surface area contributed by atoms with Gasteiger partial charge in [0.15, 0.2) is 0 Å². The average molecular weight is 261 g/mol. The van der Waals surface area contributed by atoms with Crippen molar-refractivity contribution in [3.05, 3.63) is 23.5 Å². The molecule has 6 heteroatoms. The van der Waals surface area contributed by atoms with Crippen molar-refractivity contribution in [1.29, 1.82) is 0 Å². The quantitative estimate of drug-likeness (QED) is 0.793. The summed E-state index contributed by atoms with van der Waals surface area (Å²) in [6, 6.07) is 0. The first-order valence-electron chi connectivity index (χ1n) is 5.69. The van der Waals surface area contributed by atoms with E-state index in [1.807, 2.05) is 6.92 Å². The van der Waals surface area contributed by atoms with Gasteiger partial charge in [0.1, 0.15) is 10.7 Å². The molecule has 1 saturated carbocycles. The molecule has 2 heterocycles. The Bertz CT molecular complexity index is 578. The van der Waals surface area contributed by atoms with Crippen LogP contribution in [0.15, 0.2) is 18.6 Å². The van der Waals surface area contributed by atoms with Crippen molar-refractivity contribution in [3.8, 4) is 16.6 Å². The highest BCUT2D eigenvalue weighted by Crippen LogP contribution is 2.34. The van der Waals surface area contributed by atoms with Crippen LogP contribution in [0.3, 0.4) is 0 Å². The molecule has 0 atom stereocenters. The minimum Gasteiger partial charge on any atom is -0.406 e. The minimum absolute atomic E-state index is 0.0751. The topological polar surface area (TPSA) is 65.0 Å². The van der Waals surface area contributed by atoms with Gasteiger partial charge in [-0.3, -0.25) is 14.8 Å². The van der Waals surface area contributed by atoms with E-state index in [1.54, 1.807) is 18.6 Å². The largest absolute Gasteiger partial charge is 0.406 e. The van der Waals surface area contributed by atoms with E-state index in [0.29, 0.717) is 11.6 Å². The van der Waals surface area contributed by atoms with E-state index >= 15 is 0 Å². The first-order chi connectivity index (χ1) is 8.74. The number of ether oxygens (including phenoxy) is 1. The molecule has 0 aliphatic heterocycles. The van der Waals surface area contributed by atoms with E-state index in [0.717, 1.165) is 22.7 Å². The molecule has 2 aromatic heterocycles. The van der Waals surface area contributed by atoms with Gasteiger partial charge >= 0.3 is 5.97 Å². The van der Waals surface area contributed by atoms with Crippen molar-refractivity contribution in [3.63, 3.8) is 0 Å². The van der Waals surface area contributed by atoms with Gasteiger partial charge in [0.2, 0.25) is 5.88 Å². The standard InChI is InChI=1S/C12H11N3O2S/c1-7-10(17-12(16)8-2-3-8)15-11(18-7)9-6-13-4-5-14-9/h4-6,8H,2-3H2,1H3. The van der Waals surface area contributed by atoms with E-state index in [2.05, 4.69) is 15.0 Å².